The van der Waals surface area contributed by atoms with Crippen LogP contribution in [0.4, 0.5) is 5.69 Å². The Morgan fingerprint density at radius 2 is 2.00 bits per heavy atom. The van der Waals surface area contributed by atoms with E-state index in [-0.39, 0.29) is 5.88 Å². The molecule has 0 saturated heterocycles. The van der Waals surface area contributed by atoms with Crippen molar-refractivity contribution < 1.29 is 9.90 Å². The number of H-pyrrole nitrogens is 1. The molecule has 1 amide bonds. The highest BCUT2D eigenvalue weighted by molar-refractivity contribution is 6.14. The number of nitrogens with two attached hydrogens (primary N) is 1. The Labute approximate surface area is 164 Å². The molecule has 2 aromatic carbocycles. The van der Waals surface area contributed by atoms with E-state index >= 15 is 0 Å². The molecule has 0 unspecified atom stereocenters. The fourth-order valence-electron chi connectivity index (χ4n) is 3.35. The van der Waals surface area contributed by atoms with Gasteiger partial charge in [-0.05, 0) is 50.3 Å². The van der Waals surface area contributed by atoms with Crippen molar-refractivity contribution in [2.24, 2.45) is 10.7 Å². The molecule has 0 saturated carbocycles. The summed E-state index contributed by atoms with van der Waals surface area (Å²) >= 11 is 0. The number of nitrogens with one attached hydrogen (secondary N) is 1. The lowest BCUT2D eigenvalue weighted by Crippen LogP contribution is -2.10. The number of carbonyl (C=O) groups excluding carboxylic acids is 1. The van der Waals surface area contributed by atoms with Gasteiger partial charge in [-0.25, -0.2) is 0 Å². The fraction of sp³-hybridized carbons (Fsp3) is 0.273. The maximum Gasteiger partial charge on any atom is 0.248 e. The highest BCUT2D eigenvalue weighted by Crippen LogP contribution is 2.31. The van der Waals surface area contributed by atoms with Gasteiger partial charge in [-0.15, -0.1) is 0 Å². The van der Waals surface area contributed by atoms with Crippen LogP contribution in [0.2, 0.25) is 0 Å². The van der Waals surface area contributed by atoms with Gasteiger partial charge in [0.1, 0.15) is 0 Å². The third-order valence-electron chi connectivity index (χ3n) is 4.51. The van der Waals surface area contributed by atoms with Crippen LogP contribution in [-0.4, -0.2) is 40.7 Å². The van der Waals surface area contributed by atoms with Crippen molar-refractivity contribution >= 4 is 28.2 Å². The zero-order chi connectivity index (χ0) is 20.3. The number of rotatable bonds is 7. The number of nitrogens with zero attached hydrogens (tertiary/aromatic N) is 2. The molecule has 6 heteroatoms. The summed E-state index contributed by atoms with van der Waals surface area (Å²) in [6, 6.07) is 13.2. The van der Waals surface area contributed by atoms with Crippen LogP contribution in [0.15, 0.2) is 47.5 Å². The average Bonchev–Trinajstić information content (AvgIpc) is 2.95. The van der Waals surface area contributed by atoms with Gasteiger partial charge in [0.2, 0.25) is 5.91 Å². The standard InChI is InChI=1S/C22H26N4O2/c1-4-6-18(24-16-8-5-7-14(11-16)13-26(2)3)20-17-10-9-15(21(23)27)12-19(17)25-22(20)28/h5,7-12,25,28H,4,6,13H2,1-3H3,(H2,23,27). The van der Waals surface area contributed by atoms with Gasteiger partial charge in [-0.3, -0.25) is 9.79 Å². The van der Waals surface area contributed by atoms with E-state index < -0.39 is 5.91 Å². The normalized spacial score (nSPS) is 12.1. The number of fused-ring (bicyclic) bond motifs is 1. The third kappa shape index (κ3) is 4.23. The Hall–Kier alpha value is -3.12. The summed E-state index contributed by atoms with van der Waals surface area (Å²) in [5.41, 5.74) is 9.93. The highest BCUT2D eigenvalue weighted by atomic mass is 16.3. The van der Waals surface area contributed by atoms with Crippen molar-refractivity contribution in [3.05, 3.63) is 59.2 Å². The molecule has 0 aliphatic heterocycles. The van der Waals surface area contributed by atoms with Crippen LogP contribution >= 0.6 is 0 Å². The SMILES string of the molecule is CCCC(=Nc1cccc(CN(C)C)c1)c1c(O)[nH]c2cc(C(N)=O)ccc12. The number of benzene rings is 2. The predicted molar refractivity (Wildman–Crippen MR) is 113 cm³/mol. The van der Waals surface area contributed by atoms with Crippen LogP contribution in [0.1, 0.15) is 41.3 Å². The van der Waals surface area contributed by atoms with Crippen molar-refractivity contribution in [1.82, 2.24) is 9.88 Å². The van der Waals surface area contributed by atoms with E-state index in [9.17, 15) is 9.90 Å². The van der Waals surface area contributed by atoms with Crippen LogP contribution in [0, 0.1) is 0 Å². The highest BCUT2D eigenvalue weighted by Gasteiger charge is 2.17. The monoisotopic (exact) mass is 378 g/mol. The summed E-state index contributed by atoms with van der Waals surface area (Å²) in [4.78, 5) is 21.3. The Bertz CT molecular complexity index is 1030. The maximum absolute atomic E-state index is 11.4. The molecule has 1 aromatic heterocycles. The smallest absolute Gasteiger partial charge is 0.248 e. The van der Waals surface area contributed by atoms with E-state index in [1.54, 1.807) is 18.2 Å². The van der Waals surface area contributed by atoms with E-state index in [2.05, 4.69) is 28.9 Å². The summed E-state index contributed by atoms with van der Waals surface area (Å²) in [5, 5.41) is 11.4. The Morgan fingerprint density at radius 3 is 2.68 bits per heavy atom. The zero-order valence-electron chi connectivity index (χ0n) is 16.5. The maximum atomic E-state index is 11.4. The Morgan fingerprint density at radius 1 is 1.21 bits per heavy atom. The molecule has 4 N–H and O–H groups in total. The molecule has 3 rings (SSSR count). The minimum atomic E-state index is -0.502. The van der Waals surface area contributed by atoms with Gasteiger partial charge in [0, 0.05) is 23.0 Å². The van der Waals surface area contributed by atoms with Crippen LogP contribution in [0.25, 0.3) is 10.9 Å². The largest absolute Gasteiger partial charge is 0.494 e. The quantitative estimate of drug-likeness (QED) is 0.543. The molecule has 0 radical (unpaired) electrons. The number of aromatic amines is 1. The van der Waals surface area contributed by atoms with Crippen LogP contribution in [-0.2, 0) is 6.54 Å². The molecule has 0 bridgehead atoms. The molecule has 3 aromatic rings. The molecular formula is C22H26N4O2. The van der Waals surface area contributed by atoms with E-state index in [4.69, 9.17) is 10.7 Å². The first kappa shape index (κ1) is 19.6. The fourth-order valence-corrected chi connectivity index (χ4v) is 3.35. The molecule has 1 heterocycles. The molecular weight excluding hydrogens is 352 g/mol. The Balaban J connectivity index is 2.08. The average molecular weight is 378 g/mol. The topological polar surface area (TPSA) is 94.7 Å². The van der Waals surface area contributed by atoms with Gasteiger partial charge in [-0.1, -0.05) is 31.5 Å². The zero-order valence-corrected chi connectivity index (χ0v) is 16.5. The van der Waals surface area contributed by atoms with E-state index in [1.165, 1.54) is 5.56 Å². The molecule has 146 valence electrons. The minimum Gasteiger partial charge on any atom is -0.494 e. The lowest BCUT2D eigenvalue weighted by molar-refractivity contribution is 0.100. The summed E-state index contributed by atoms with van der Waals surface area (Å²) < 4.78 is 0. The summed E-state index contributed by atoms with van der Waals surface area (Å²) in [6.45, 7) is 2.91. The third-order valence-corrected chi connectivity index (χ3v) is 4.51. The second kappa shape index (κ2) is 8.27. The van der Waals surface area contributed by atoms with Gasteiger partial charge >= 0.3 is 0 Å². The predicted octanol–water partition coefficient (Wildman–Crippen LogP) is 3.95. The lowest BCUT2D eigenvalue weighted by atomic mass is 10.0. The molecule has 0 spiro atoms. The van der Waals surface area contributed by atoms with Crippen LogP contribution < -0.4 is 5.73 Å². The van der Waals surface area contributed by atoms with Gasteiger partial charge in [0.15, 0.2) is 5.88 Å². The van der Waals surface area contributed by atoms with Gasteiger partial charge in [0.25, 0.3) is 0 Å². The van der Waals surface area contributed by atoms with Crippen molar-refractivity contribution in [3.63, 3.8) is 0 Å². The number of hydrogen-bond donors (Lipinski definition) is 3. The number of aromatic nitrogens is 1. The number of primary amides is 1. The van der Waals surface area contributed by atoms with E-state index in [0.717, 1.165) is 36.2 Å². The number of carbonyl (C=O) groups is 1. The van der Waals surface area contributed by atoms with Crippen molar-refractivity contribution in [1.29, 1.82) is 0 Å². The summed E-state index contributed by atoms with van der Waals surface area (Å²) in [7, 11) is 4.06. The second-order valence-electron chi connectivity index (χ2n) is 7.19. The number of amides is 1. The van der Waals surface area contributed by atoms with Crippen molar-refractivity contribution in [3.8, 4) is 5.88 Å². The molecule has 28 heavy (non-hydrogen) atoms. The molecule has 0 atom stereocenters. The number of hydrogen-bond acceptors (Lipinski definition) is 4. The molecule has 0 aliphatic carbocycles. The number of aromatic hydroxyl groups is 1. The first-order chi connectivity index (χ1) is 13.4. The van der Waals surface area contributed by atoms with E-state index in [0.29, 0.717) is 16.6 Å². The van der Waals surface area contributed by atoms with Crippen molar-refractivity contribution in [2.45, 2.75) is 26.3 Å². The molecule has 6 nitrogen and oxygen atoms in total. The molecule has 0 fully saturated rings. The molecule has 0 aliphatic rings. The van der Waals surface area contributed by atoms with E-state index in [1.807, 2.05) is 26.2 Å². The first-order valence-electron chi connectivity index (χ1n) is 9.35. The first-order valence-corrected chi connectivity index (χ1v) is 9.35. The van der Waals surface area contributed by atoms with Crippen molar-refractivity contribution in [2.75, 3.05) is 14.1 Å². The minimum absolute atomic E-state index is 0.0493. The number of aliphatic imine (C=N–C) groups is 1. The van der Waals surface area contributed by atoms with Crippen LogP contribution in [0.3, 0.4) is 0 Å². The van der Waals surface area contributed by atoms with Gasteiger partial charge < -0.3 is 20.7 Å². The summed E-state index contributed by atoms with van der Waals surface area (Å²) in [5.74, 6) is -0.453. The lowest BCUT2D eigenvalue weighted by Gasteiger charge is -2.10. The second-order valence-corrected chi connectivity index (χ2v) is 7.19. The summed E-state index contributed by atoms with van der Waals surface area (Å²) in [6.07, 6.45) is 1.61. The Kier molecular flexibility index (Phi) is 5.80. The van der Waals surface area contributed by atoms with Crippen LogP contribution in [0.5, 0.6) is 5.88 Å². The van der Waals surface area contributed by atoms with Gasteiger partial charge in [-0.2, -0.15) is 0 Å². The van der Waals surface area contributed by atoms with Gasteiger partial charge in [0.05, 0.1) is 17.0 Å².